The van der Waals surface area contributed by atoms with Gasteiger partial charge in [0.05, 0.1) is 22.9 Å². The molecule has 2 N–H and O–H groups in total. The van der Waals surface area contributed by atoms with Gasteiger partial charge in [-0.1, -0.05) is 0 Å². The Labute approximate surface area is 154 Å². The number of aryl methyl sites for hydroxylation is 2. The summed E-state index contributed by atoms with van der Waals surface area (Å²) >= 11 is 2.77. The maximum absolute atomic E-state index is 13.1. The summed E-state index contributed by atoms with van der Waals surface area (Å²) in [5.74, 6) is 0. The van der Waals surface area contributed by atoms with Crippen molar-refractivity contribution in [1.29, 1.82) is 0 Å². The molecule has 0 saturated heterocycles. The molecular weight excluding hydrogens is 380 g/mol. The van der Waals surface area contributed by atoms with E-state index in [2.05, 4.69) is 15.2 Å². The summed E-state index contributed by atoms with van der Waals surface area (Å²) in [6, 6.07) is 3.53. The number of nitrogens with one attached hydrogen (secondary N) is 1. The van der Waals surface area contributed by atoms with E-state index < -0.39 is 10.0 Å². The second-order valence-corrected chi connectivity index (χ2v) is 9.60. The smallest absolute Gasteiger partial charge is 0.244 e. The van der Waals surface area contributed by atoms with Crippen LogP contribution in [-0.4, -0.2) is 46.2 Å². The van der Waals surface area contributed by atoms with Crippen LogP contribution in [0.1, 0.15) is 15.6 Å². The molecule has 25 heavy (non-hydrogen) atoms. The molecule has 0 atom stereocenters. The van der Waals surface area contributed by atoms with Gasteiger partial charge in [-0.15, -0.1) is 22.7 Å². The zero-order valence-electron chi connectivity index (χ0n) is 13.8. The van der Waals surface area contributed by atoms with E-state index in [1.807, 2.05) is 13.0 Å². The number of aromatic nitrogens is 3. The fourth-order valence-electron chi connectivity index (χ4n) is 2.41. The van der Waals surface area contributed by atoms with Crippen LogP contribution in [0.15, 0.2) is 28.6 Å². The summed E-state index contributed by atoms with van der Waals surface area (Å²) in [4.78, 5) is 5.87. The van der Waals surface area contributed by atoms with E-state index in [0.717, 1.165) is 16.3 Å². The van der Waals surface area contributed by atoms with Crippen LogP contribution in [0.25, 0.3) is 10.6 Å². The molecule has 7 nitrogen and oxygen atoms in total. The number of aliphatic hydroxyl groups excluding tert-OH is 1. The number of thiazole rings is 1. The van der Waals surface area contributed by atoms with E-state index >= 15 is 0 Å². The highest BCUT2D eigenvalue weighted by molar-refractivity contribution is 7.89. The van der Waals surface area contributed by atoms with Crippen molar-refractivity contribution in [1.82, 2.24) is 19.5 Å². The monoisotopic (exact) mass is 398 g/mol. The molecular formula is C15H18N4O3S3. The van der Waals surface area contributed by atoms with Crippen LogP contribution < -0.4 is 0 Å². The third kappa shape index (κ3) is 3.82. The molecule has 0 aromatic carbocycles. The lowest BCUT2D eigenvalue weighted by Gasteiger charge is -2.20. The van der Waals surface area contributed by atoms with Crippen LogP contribution in [0.3, 0.4) is 0 Å². The Morgan fingerprint density at radius 2 is 2.12 bits per heavy atom. The average molecular weight is 399 g/mol. The average Bonchev–Trinajstić information content (AvgIpc) is 3.28. The van der Waals surface area contributed by atoms with Gasteiger partial charge in [0.1, 0.15) is 10.7 Å². The topological polar surface area (TPSA) is 99.2 Å². The predicted molar refractivity (Wildman–Crippen MR) is 98.2 cm³/mol. The van der Waals surface area contributed by atoms with Gasteiger partial charge in [0.15, 0.2) is 0 Å². The van der Waals surface area contributed by atoms with Crippen molar-refractivity contribution in [2.45, 2.75) is 25.3 Å². The van der Waals surface area contributed by atoms with E-state index in [4.69, 9.17) is 0 Å². The number of hydrogen-bond donors (Lipinski definition) is 2. The Kier molecular flexibility index (Phi) is 5.35. The highest BCUT2D eigenvalue weighted by Crippen LogP contribution is 2.34. The van der Waals surface area contributed by atoms with Gasteiger partial charge in [-0.05, 0) is 26.0 Å². The number of sulfonamides is 1. The van der Waals surface area contributed by atoms with Gasteiger partial charge in [-0.2, -0.15) is 9.40 Å². The first-order valence-electron chi connectivity index (χ1n) is 7.54. The second kappa shape index (κ2) is 7.34. The van der Waals surface area contributed by atoms with Crippen molar-refractivity contribution in [3.63, 3.8) is 0 Å². The van der Waals surface area contributed by atoms with Crippen LogP contribution in [0, 0.1) is 13.8 Å². The number of thiophene rings is 1. The molecule has 10 heteroatoms. The summed E-state index contributed by atoms with van der Waals surface area (Å²) in [5, 5.41) is 18.8. The minimum Gasteiger partial charge on any atom is -0.395 e. The van der Waals surface area contributed by atoms with Gasteiger partial charge in [0.2, 0.25) is 10.0 Å². The Hall–Kier alpha value is -1.59. The largest absolute Gasteiger partial charge is 0.395 e. The van der Waals surface area contributed by atoms with Gasteiger partial charge < -0.3 is 5.11 Å². The van der Waals surface area contributed by atoms with Crippen molar-refractivity contribution in [2.75, 3.05) is 13.2 Å². The molecule has 0 amide bonds. The molecule has 0 spiro atoms. The van der Waals surface area contributed by atoms with Crippen LogP contribution in [0.5, 0.6) is 0 Å². The van der Waals surface area contributed by atoms with Crippen LogP contribution in [-0.2, 0) is 16.6 Å². The molecule has 3 aromatic rings. The maximum Gasteiger partial charge on any atom is 0.244 e. The first kappa shape index (κ1) is 18.2. The van der Waals surface area contributed by atoms with Gasteiger partial charge >= 0.3 is 0 Å². The normalized spacial score (nSPS) is 12.2. The number of rotatable bonds is 7. The number of nitrogens with zero attached hydrogens (tertiary/aromatic N) is 3. The first-order chi connectivity index (χ1) is 11.9. The lowest BCUT2D eigenvalue weighted by Crippen LogP contribution is -2.33. The molecule has 0 aliphatic heterocycles. The molecule has 0 bridgehead atoms. The van der Waals surface area contributed by atoms with Crippen molar-refractivity contribution in [3.8, 4) is 10.6 Å². The van der Waals surface area contributed by atoms with Crippen molar-refractivity contribution in [3.05, 3.63) is 39.3 Å². The second-order valence-electron chi connectivity index (χ2n) is 5.46. The Morgan fingerprint density at radius 3 is 2.72 bits per heavy atom. The molecule has 3 aromatic heterocycles. The van der Waals surface area contributed by atoms with Gasteiger partial charge in [-0.25, -0.2) is 13.4 Å². The number of H-pyrrole nitrogens is 1. The summed E-state index contributed by atoms with van der Waals surface area (Å²) < 4.78 is 27.4. The Balaban J connectivity index is 1.96. The molecule has 0 radical (unpaired) electrons. The van der Waals surface area contributed by atoms with Gasteiger partial charge in [0.25, 0.3) is 0 Å². The fraction of sp³-hybridized carbons (Fsp3) is 0.333. The zero-order chi connectivity index (χ0) is 18.0. The summed E-state index contributed by atoms with van der Waals surface area (Å²) in [5.41, 5.74) is 1.64. The van der Waals surface area contributed by atoms with Crippen LogP contribution in [0.2, 0.25) is 0 Å². The SMILES string of the molecule is Cc1cc(-c2cc(S(=O)(=O)N(CCO)Cc3nccs3)c(C)s2)n[nH]1. The van der Waals surface area contributed by atoms with E-state index in [9.17, 15) is 13.5 Å². The standard InChI is InChI=1S/C15H18N4O3S3/c1-10-7-12(18-17-10)13-8-14(11(2)24-13)25(21,22)19(4-5-20)9-15-16-3-6-23-15/h3,6-8,20H,4-5,9H2,1-2H3,(H,17,18). The highest BCUT2D eigenvalue weighted by Gasteiger charge is 2.28. The molecule has 3 rings (SSSR count). The quantitative estimate of drug-likeness (QED) is 0.637. The van der Waals surface area contributed by atoms with E-state index in [1.54, 1.807) is 24.6 Å². The minimum absolute atomic E-state index is 0.0219. The van der Waals surface area contributed by atoms with Crippen molar-refractivity contribution >= 4 is 32.7 Å². The fourth-order valence-corrected chi connectivity index (χ4v) is 6.03. The van der Waals surface area contributed by atoms with E-state index in [1.165, 1.54) is 27.0 Å². The van der Waals surface area contributed by atoms with E-state index in [0.29, 0.717) is 9.88 Å². The van der Waals surface area contributed by atoms with Gasteiger partial charge in [0, 0.05) is 28.7 Å². The Morgan fingerprint density at radius 1 is 1.32 bits per heavy atom. The zero-order valence-corrected chi connectivity index (χ0v) is 16.2. The molecule has 0 fully saturated rings. The lowest BCUT2D eigenvalue weighted by atomic mass is 10.3. The van der Waals surface area contributed by atoms with Gasteiger partial charge in [-0.3, -0.25) is 5.10 Å². The van der Waals surface area contributed by atoms with Crippen LogP contribution >= 0.6 is 22.7 Å². The predicted octanol–water partition coefficient (Wildman–Crippen LogP) is 2.39. The first-order valence-corrected chi connectivity index (χ1v) is 10.7. The maximum atomic E-state index is 13.1. The lowest BCUT2D eigenvalue weighted by molar-refractivity contribution is 0.251. The molecule has 0 aliphatic rings. The molecule has 0 unspecified atom stereocenters. The van der Waals surface area contributed by atoms with Crippen molar-refractivity contribution < 1.29 is 13.5 Å². The Bertz CT molecular complexity index is 945. The highest BCUT2D eigenvalue weighted by atomic mass is 32.2. The molecule has 0 aliphatic carbocycles. The van der Waals surface area contributed by atoms with Crippen molar-refractivity contribution in [2.24, 2.45) is 0 Å². The van der Waals surface area contributed by atoms with Crippen LogP contribution in [0.4, 0.5) is 0 Å². The number of aromatic amines is 1. The summed E-state index contributed by atoms with van der Waals surface area (Å²) in [6.45, 7) is 3.59. The third-order valence-electron chi connectivity index (χ3n) is 3.59. The third-order valence-corrected chi connectivity index (χ3v) is 7.53. The summed E-state index contributed by atoms with van der Waals surface area (Å²) in [7, 11) is -3.74. The molecule has 3 heterocycles. The summed E-state index contributed by atoms with van der Waals surface area (Å²) in [6.07, 6.45) is 1.64. The number of aliphatic hydroxyl groups is 1. The molecule has 134 valence electrons. The number of hydrogen-bond acceptors (Lipinski definition) is 7. The molecule has 0 saturated carbocycles. The minimum atomic E-state index is -3.74. The van der Waals surface area contributed by atoms with E-state index in [-0.39, 0.29) is 24.6 Å².